The second kappa shape index (κ2) is 14.3. The van der Waals surface area contributed by atoms with Crippen LogP contribution in [0.1, 0.15) is 26.3 Å². The summed E-state index contributed by atoms with van der Waals surface area (Å²) in [5, 5.41) is 12.1. The van der Waals surface area contributed by atoms with Gasteiger partial charge in [0.15, 0.2) is 14.4 Å². The molecule has 3 aromatic rings. The molecule has 3 aliphatic heterocycles. The van der Waals surface area contributed by atoms with Gasteiger partial charge in [0.2, 0.25) is 5.88 Å². The Morgan fingerprint density at radius 1 is 0.959 bits per heavy atom. The van der Waals surface area contributed by atoms with Crippen LogP contribution in [0.2, 0.25) is 48.8 Å². The average molecular weight is 726 g/mol. The Hall–Kier alpha value is -2.41. The fourth-order valence-corrected chi connectivity index (χ4v) is 8.80. The Morgan fingerprint density at radius 2 is 1.61 bits per heavy atom. The van der Waals surface area contributed by atoms with Gasteiger partial charge in [-0.3, -0.25) is 4.57 Å². The largest absolute Gasteiger partial charge is 0.469 e. The van der Waals surface area contributed by atoms with Crippen molar-refractivity contribution in [3.05, 3.63) is 47.0 Å². The first-order valence-electron chi connectivity index (χ1n) is 17.5. The summed E-state index contributed by atoms with van der Waals surface area (Å²) >= 11 is 7.02. The first-order valence-corrected chi connectivity index (χ1v) is 24.5. The fraction of sp³-hybridized carbons (Fsp3) is 0.595. The number of nitriles is 1. The minimum atomic E-state index is -2.04. The second-order valence-electron chi connectivity index (χ2n) is 16.2. The molecular weight excluding hydrogens is 674 g/mol. The van der Waals surface area contributed by atoms with Crippen LogP contribution in [0, 0.1) is 11.3 Å². The van der Waals surface area contributed by atoms with Crippen LogP contribution in [-0.4, -0.2) is 91.5 Å². The van der Waals surface area contributed by atoms with Crippen LogP contribution in [0.3, 0.4) is 0 Å². The van der Waals surface area contributed by atoms with Gasteiger partial charge in [-0.25, -0.2) is 0 Å². The van der Waals surface area contributed by atoms with E-state index >= 15 is 0 Å². The van der Waals surface area contributed by atoms with E-state index in [0.29, 0.717) is 36.3 Å². The van der Waals surface area contributed by atoms with Crippen LogP contribution in [0.5, 0.6) is 5.88 Å². The summed E-state index contributed by atoms with van der Waals surface area (Å²) in [5.74, 6) is 0.452. The Balaban J connectivity index is 1.31. The summed E-state index contributed by atoms with van der Waals surface area (Å²) in [6.07, 6.45) is -1.08. The smallest absolute Gasteiger partial charge is 0.215 e. The number of hydrogen-bond donors (Lipinski definition) is 0. The lowest BCUT2D eigenvalue weighted by Gasteiger charge is -2.39. The molecule has 4 atom stereocenters. The lowest BCUT2D eigenvalue weighted by molar-refractivity contribution is 0.00849. The number of halogens is 1. The summed E-state index contributed by atoms with van der Waals surface area (Å²) < 4.78 is 39.8. The van der Waals surface area contributed by atoms with Crippen molar-refractivity contribution in [2.75, 3.05) is 51.0 Å². The van der Waals surface area contributed by atoms with Gasteiger partial charge in [-0.05, 0) is 54.0 Å². The van der Waals surface area contributed by atoms with E-state index in [9.17, 15) is 5.26 Å². The van der Waals surface area contributed by atoms with Crippen LogP contribution < -0.4 is 9.64 Å². The number of nitrogens with zero attached hydrogens (tertiary/aromatic N) is 3. The molecule has 0 radical (unpaired) electrons. The predicted molar refractivity (Wildman–Crippen MR) is 200 cm³/mol. The van der Waals surface area contributed by atoms with Crippen molar-refractivity contribution in [2.24, 2.45) is 0 Å². The van der Waals surface area contributed by atoms with Crippen molar-refractivity contribution < 1.29 is 28.1 Å². The highest BCUT2D eigenvalue weighted by Crippen LogP contribution is 2.43. The van der Waals surface area contributed by atoms with Gasteiger partial charge in [0.05, 0.1) is 43.1 Å². The van der Waals surface area contributed by atoms with E-state index in [4.69, 9.17) is 39.7 Å². The van der Waals surface area contributed by atoms with Gasteiger partial charge < -0.3 is 33.0 Å². The molecule has 0 N–H and O–H groups in total. The highest BCUT2D eigenvalue weighted by Gasteiger charge is 2.52. The van der Waals surface area contributed by atoms with Gasteiger partial charge in [0.25, 0.3) is 0 Å². The predicted octanol–water partition coefficient (Wildman–Crippen LogP) is 7.92. The van der Waals surface area contributed by atoms with Crippen molar-refractivity contribution in [1.82, 2.24) is 4.57 Å². The molecule has 0 amide bonds. The Morgan fingerprint density at radius 3 is 2.24 bits per heavy atom. The molecular formula is C37H52ClN3O6Si2. The third kappa shape index (κ3) is 7.77. The van der Waals surface area contributed by atoms with E-state index in [-0.39, 0.29) is 30.1 Å². The maximum absolute atomic E-state index is 10.6. The fourth-order valence-electron chi connectivity index (χ4n) is 6.46. The number of benzene rings is 2. The molecule has 0 spiro atoms. The number of fused-ring (bicyclic) bond motifs is 2. The molecule has 0 aliphatic carbocycles. The van der Waals surface area contributed by atoms with E-state index in [2.05, 4.69) is 88.7 Å². The number of ether oxygens (including phenoxy) is 5. The van der Waals surface area contributed by atoms with Crippen LogP contribution >= 0.6 is 11.6 Å². The number of hydrogen-bond acceptors (Lipinski definition) is 8. The lowest BCUT2D eigenvalue weighted by atomic mass is 10.0. The molecule has 1 aromatic heterocycles. The number of rotatable bonds is 11. The normalized spacial score (nSPS) is 23.2. The average Bonchev–Trinajstić information content (AvgIpc) is 3.71. The van der Waals surface area contributed by atoms with E-state index in [1.54, 1.807) is 0 Å². The van der Waals surface area contributed by atoms with Crippen molar-refractivity contribution in [2.45, 2.75) is 95.7 Å². The van der Waals surface area contributed by atoms with Crippen LogP contribution in [0.25, 0.3) is 22.0 Å². The van der Waals surface area contributed by atoms with Crippen molar-refractivity contribution >= 4 is 44.6 Å². The maximum Gasteiger partial charge on any atom is 0.215 e. The molecule has 3 fully saturated rings. The molecule has 9 nitrogen and oxygen atoms in total. The van der Waals surface area contributed by atoms with Crippen LogP contribution in [0.4, 0.5) is 5.69 Å². The Labute approximate surface area is 298 Å². The van der Waals surface area contributed by atoms with E-state index in [1.807, 2.05) is 16.7 Å². The molecule has 12 heteroatoms. The van der Waals surface area contributed by atoms with Gasteiger partial charge in [0, 0.05) is 44.4 Å². The Bertz CT molecular complexity index is 1670. The Kier molecular flexibility index (Phi) is 10.6. The third-order valence-corrected chi connectivity index (χ3v) is 17.0. The van der Waals surface area contributed by atoms with Gasteiger partial charge >= 0.3 is 0 Å². The molecule has 1 unspecified atom stereocenters. The quantitative estimate of drug-likeness (QED) is 0.146. The van der Waals surface area contributed by atoms with Gasteiger partial charge in [0.1, 0.15) is 30.6 Å². The minimum absolute atomic E-state index is 0.0720. The molecule has 3 aliphatic rings. The zero-order chi connectivity index (χ0) is 35.1. The monoisotopic (exact) mass is 725 g/mol. The number of anilines is 1. The molecule has 6 rings (SSSR count). The summed E-state index contributed by atoms with van der Waals surface area (Å²) in [6.45, 7) is 23.1. The molecule has 4 heterocycles. The summed E-state index contributed by atoms with van der Waals surface area (Å²) in [5.41, 5.74) is 4.23. The minimum Gasteiger partial charge on any atom is -0.469 e. The topological polar surface area (TPSA) is 87.3 Å². The van der Waals surface area contributed by atoms with E-state index in [0.717, 1.165) is 60.1 Å². The van der Waals surface area contributed by atoms with Crippen LogP contribution in [0.15, 0.2) is 36.4 Å². The highest BCUT2D eigenvalue weighted by molar-refractivity contribution is 6.76. The van der Waals surface area contributed by atoms with Crippen molar-refractivity contribution in [1.29, 1.82) is 5.26 Å². The molecule has 0 bridgehead atoms. The lowest BCUT2D eigenvalue weighted by Crippen LogP contribution is -2.47. The van der Waals surface area contributed by atoms with Crippen molar-refractivity contribution in [3.63, 3.8) is 0 Å². The second-order valence-corrected chi connectivity index (χ2v) is 27.0. The van der Waals surface area contributed by atoms with Gasteiger partial charge in [-0.2, -0.15) is 5.26 Å². The van der Waals surface area contributed by atoms with Crippen molar-refractivity contribution in [3.8, 4) is 23.1 Å². The van der Waals surface area contributed by atoms with E-state index < -0.39 is 22.5 Å². The zero-order valence-corrected chi connectivity index (χ0v) is 33.1. The zero-order valence-electron chi connectivity index (χ0n) is 30.3. The third-order valence-electron chi connectivity index (χ3n) is 10.5. The molecule has 49 heavy (non-hydrogen) atoms. The molecule has 2 aromatic carbocycles. The summed E-state index contributed by atoms with van der Waals surface area (Å²) in [6, 6.07) is 15.9. The SMILES string of the molecule is CC(C)(C)[Si](C)(C)OC1CO[C@H]2[C@@H]1OC[C@H]2Oc1c(C#N)c2cc(-c3ccc(N4CCOCC4)cc3)c(Cl)cc2n1COCC[Si](C)(C)C. The number of aromatic nitrogens is 1. The standard InChI is InChI=1S/C37H52ClN3O6Si2/c1-37(2,3)49(7,8)47-33-23-45-34-32(22-44-35(33)34)46-36-29(21-39)28-19-27(25-9-11-26(12-10-25)40-13-15-42-16-14-40)30(38)20-31(28)41(36)24-43-17-18-48(4,5)6/h9-12,19-20,32-35H,13-18,22-24H2,1-8H3/t32-,33?,34-,35-/m1/s1. The van der Waals surface area contributed by atoms with Crippen LogP contribution in [-0.2, 0) is 30.1 Å². The molecule has 266 valence electrons. The molecule has 3 saturated heterocycles. The first-order chi connectivity index (χ1) is 23.2. The molecule has 0 saturated carbocycles. The van der Waals surface area contributed by atoms with Gasteiger partial charge in [-0.15, -0.1) is 0 Å². The highest BCUT2D eigenvalue weighted by atomic mass is 35.5. The summed E-state index contributed by atoms with van der Waals surface area (Å²) in [7, 11) is -3.34. The van der Waals surface area contributed by atoms with E-state index in [1.165, 1.54) is 0 Å². The number of morpholine rings is 1. The summed E-state index contributed by atoms with van der Waals surface area (Å²) in [4.78, 5) is 2.32. The maximum atomic E-state index is 10.6. The van der Waals surface area contributed by atoms with Gasteiger partial charge in [-0.1, -0.05) is 64.1 Å². The first kappa shape index (κ1) is 36.4.